The van der Waals surface area contributed by atoms with Crippen molar-refractivity contribution >= 4 is 0 Å². The van der Waals surface area contributed by atoms with Crippen LogP contribution in [0.25, 0.3) is 0 Å². The summed E-state index contributed by atoms with van der Waals surface area (Å²) in [6.07, 6.45) is 12.2. The summed E-state index contributed by atoms with van der Waals surface area (Å²) in [5.74, 6) is 0.557. The molecule has 0 amide bonds. The fraction of sp³-hybridized carbons (Fsp3) is 1.00. The van der Waals surface area contributed by atoms with Crippen LogP contribution >= 0.6 is 0 Å². The molecule has 0 aromatic rings. The summed E-state index contributed by atoms with van der Waals surface area (Å²) < 4.78 is 0. The molecule has 4 N–H and O–H groups in total. The minimum atomic E-state index is -0.500. The van der Waals surface area contributed by atoms with Crippen molar-refractivity contribution < 1.29 is 20.4 Å². The molecule has 0 heterocycles. The Kier molecular flexibility index (Phi) is 14.2. The zero-order valence-corrected chi connectivity index (χ0v) is 20.4. The van der Waals surface area contributed by atoms with E-state index in [9.17, 15) is 10.2 Å². The zero-order chi connectivity index (χ0) is 22.6. The van der Waals surface area contributed by atoms with Gasteiger partial charge in [0.2, 0.25) is 0 Å². The van der Waals surface area contributed by atoms with Crippen LogP contribution in [-0.2, 0) is 0 Å². The third-order valence-electron chi connectivity index (χ3n) is 4.53. The average molecular weight is 405 g/mol. The van der Waals surface area contributed by atoms with E-state index in [-0.39, 0.29) is 5.60 Å². The van der Waals surface area contributed by atoms with Crippen LogP contribution < -0.4 is 0 Å². The van der Waals surface area contributed by atoms with Crippen molar-refractivity contribution in [3.63, 3.8) is 0 Å². The molecule has 172 valence electrons. The molecule has 2 fully saturated rings. The van der Waals surface area contributed by atoms with E-state index in [0.717, 1.165) is 12.8 Å². The van der Waals surface area contributed by atoms with Gasteiger partial charge in [0.1, 0.15) is 0 Å². The SMILES string of the molecule is CC(C)(C)O.CC(C)(C)O.CC(C)(O)C1CCCCC1.CC1(O)CCCCC1. The second-order valence-corrected chi connectivity index (χ2v) is 11.4. The number of aliphatic hydroxyl groups is 4. The van der Waals surface area contributed by atoms with Gasteiger partial charge < -0.3 is 20.4 Å². The molecular formula is C24H52O4. The molecule has 28 heavy (non-hydrogen) atoms. The van der Waals surface area contributed by atoms with Gasteiger partial charge in [-0.1, -0.05) is 38.5 Å². The van der Waals surface area contributed by atoms with Crippen molar-refractivity contribution in [2.24, 2.45) is 5.92 Å². The molecule has 0 unspecified atom stereocenters. The van der Waals surface area contributed by atoms with Crippen LogP contribution in [0.5, 0.6) is 0 Å². The Bertz CT molecular complexity index is 332. The van der Waals surface area contributed by atoms with Crippen molar-refractivity contribution in [1.82, 2.24) is 0 Å². The summed E-state index contributed by atoms with van der Waals surface area (Å²) in [6, 6.07) is 0. The van der Waals surface area contributed by atoms with E-state index in [4.69, 9.17) is 10.2 Å². The maximum absolute atomic E-state index is 9.64. The quantitative estimate of drug-likeness (QED) is 0.459. The molecule has 2 aliphatic carbocycles. The topological polar surface area (TPSA) is 80.9 Å². The van der Waals surface area contributed by atoms with Gasteiger partial charge >= 0.3 is 0 Å². The third kappa shape index (κ3) is 28.1. The molecule has 4 nitrogen and oxygen atoms in total. The predicted octanol–water partition coefficient (Wildman–Crippen LogP) is 5.59. The van der Waals surface area contributed by atoms with Crippen LogP contribution in [-0.4, -0.2) is 42.8 Å². The summed E-state index contributed by atoms with van der Waals surface area (Å²) >= 11 is 0. The van der Waals surface area contributed by atoms with Crippen molar-refractivity contribution in [3.05, 3.63) is 0 Å². The first kappa shape index (κ1) is 30.0. The van der Waals surface area contributed by atoms with Crippen molar-refractivity contribution in [1.29, 1.82) is 0 Å². The van der Waals surface area contributed by atoms with Gasteiger partial charge in [0.25, 0.3) is 0 Å². The maximum atomic E-state index is 9.64. The first-order valence-electron chi connectivity index (χ1n) is 11.2. The smallest absolute Gasteiger partial charge is 0.0619 e. The van der Waals surface area contributed by atoms with Gasteiger partial charge in [0, 0.05) is 0 Å². The van der Waals surface area contributed by atoms with Crippen LogP contribution in [0.1, 0.15) is 127 Å². The van der Waals surface area contributed by atoms with E-state index >= 15 is 0 Å². The summed E-state index contributed by atoms with van der Waals surface area (Å²) in [5, 5.41) is 36.1. The van der Waals surface area contributed by atoms with Gasteiger partial charge in [-0.05, 0) is 93.9 Å². The molecule has 0 saturated heterocycles. The maximum Gasteiger partial charge on any atom is 0.0619 e. The fourth-order valence-electron chi connectivity index (χ4n) is 3.12. The van der Waals surface area contributed by atoms with E-state index in [1.807, 2.05) is 20.8 Å². The van der Waals surface area contributed by atoms with Gasteiger partial charge in [-0.2, -0.15) is 0 Å². The fourth-order valence-corrected chi connectivity index (χ4v) is 3.12. The molecule has 4 heteroatoms. The number of hydrogen-bond acceptors (Lipinski definition) is 4. The summed E-state index contributed by atoms with van der Waals surface area (Å²) in [4.78, 5) is 0. The molecule has 0 spiro atoms. The van der Waals surface area contributed by atoms with Crippen LogP contribution in [0.4, 0.5) is 0 Å². The minimum Gasteiger partial charge on any atom is -0.391 e. The lowest BCUT2D eigenvalue weighted by Gasteiger charge is -2.32. The number of hydrogen-bond donors (Lipinski definition) is 4. The van der Waals surface area contributed by atoms with Crippen LogP contribution in [0, 0.1) is 5.92 Å². The van der Waals surface area contributed by atoms with Gasteiger partial charge in [-0.25, -0.2) is 0 Å². The normalized spacial score (nSPS) is 20.5. The van der Waals surface area contributed by atoms with Crippen LogP contribution in [0.3, 0.4) is 0 Å². The predicted molar refractivity (Wildman–Crippen MR) is 121 cm³/mol. The van der Waals surface area contributed by atoms with E-state index in [2.05, 4.69) is 0 Å². The number of rotatable bonds is 1. The molecule has 2 rings (SSSR count). The highest BCUT2D eigenvalue weighted by Gasteiger charge is 2.27. The Morgan fingerprint density at radius 3 is 1.07 bits per heavy atom. The first-order chi connectivity index (χ1) is 12.3. The Morgan fingerprint density at radius 2 is 0.893 bits per heavy atom. The average Bonchev–Trinajstić information content (AvgIpc) is 2.44. The van der Waals surface area contributed by atoms with Crippen LogP contribution in [0.2, 0.25) is 0 Å². The lowest BCUT2D eigenvalue weighted by atomic mass is 9.79. The molecule has 0 atom stereocenters. The van der Waals surface area contributed by atoms with Gasteiger partial charge in [0.15, 0.2) is 0 Å². The van der Waals surface area contributed by atoms with Gasteiger partial charge in [-0.15, -0.1) is 0 Å². The standard InChI is InChI=1S/C9H18O.C7H14O.2C4H10O/c1-9(2,10)8-6-4-3-5-7-8;1-7(8)5-3-2-4-6-7;2*1-4(2,3)5/h8,10H,3-7H2,1-2H3;8H,2-6H2,1H3;2*5H,1-3H3. The highest BCUT2D eigenvalue weighted by molar-refractivity contribution is 4.79. The molecule has 0 radical (unpaired) electrons. The largest absolute Gasteiger partial charge is 0.391 e. The Labute approximate surface area is 175 Å². The van der Waals surface area contributed by atoms with E-state index in [0.29, 0.717) is 5.92 Å². The van der Waals surface area contributed by atoms with Gasteiger partial charge in [-0.3, -0.25) is 0 Å². The Hall–Kier alpha value is -0.160. The lowest BCUT2D eigenvalue weighted by molar-refractivity contribution is 0.000819. The molecule has 2 aliphatic rings. The monoisotopic (exact) mass is 404 g/mol. The minimum absolute atomic E-state index is 0.321. The molecule has 0 bridgehead atoms. The van der Waals surface area contributed by atoms with E-state index in [1.54, 1.807) is 41.5 Å². The summed E-state index contributed by atoms with van der Waals surface area (Å²) in [7, 11) is 0. The Morgan fingerprint density at radius 1 is 0.607 bits per heavy atom. The molecule has 0 aromatic carbocycles. The lowest BCUT2D eigenvalue weighted by Crippen LogP contribution is -2.32. The zero-order valence-electron chi connectivity index (χ0n) is 20.4. The summed E-state index contributed by atoms with van der Waals surface area (Å²) in [5.41, 5.74) is -1.75. The van der Waals surface area contributed by atoms with E-state index < -0.39 is 16.8 Å². The molecule has 2 saturated carbocycles. The first-order valence-corrected chi connectivity index (χ1v) is 11.2. The third-order valence-corrected chi connectivity index (χ3v) is 4.53. The van der Waals surface area contributed by atoms with Gasteiger partial charge in [0.05, 0.1) is 22.4 Å². The Balaban J connectivity index is 0. The van der Waals surface area contributed by atoms with Crippen molar-refractivity contribution in [2.45, 2.75) is 149 Å². The summed E-state index contributed by atoms with van der Waals surface area (Å²) in [6.45, 7) is 16.3. The van der Waals surface area contributed by atoms with Crippen LogP contribution in [0.15, 0.2) is 0 Å². The molecular weight excluding hydrogens is 352 g/mol. The highest BCUT2D eigenvalue weighted by atomic mass is 16.3. The second kappa shape index (κ2) is 13.2. The van der Waals surface area contributed by atoms with Crippen molar-refractivity contribution in [3.8, 4) is 0 Å². The molecule has 0 aliphatic heterocycles. The molecule has 0 aromatic heterocycles. The van der Waals surface area contributed by atoms with Crippen molar-refractivity contribution in [2.75, 3.05) is 0 Å². The second-order valence-electron chi connectivity index (χ2n) is 11.4. The highest BCUT2D eigenvalue weighted by Crippen LogP contribution is 2.31. The van der Waals surface area contributed by atoms with E-state index in [1.165, 1.54) is 51.4 Å².